The minimum absolute atomic E-state index is 0.439. The average molecular weight is 253 g/mol. The standard InChI is InChI=1S/C14H23NO3/c1-9-10(2)13(18-6)11(7-12(9)17-5)15-8-14(3,4)16/h7,15-16H,8H2,1-6H3. The smallest absolute Gasteiger partial charge is 0.145 e. The molecule has 0 fully saturated rings. The number of rotatable bonds is 5. The van der Waals surface area contributed by atoms with Gasteiger partial charge in [-0.15, -0.1) is 0 Å². The number of methoxy groups -OCH3 is 2. The molecule has 0 aromatic heterocycles. The van der Waals surface area contributed by atoms with Crippen LogP contribution in [-0.2, 0) is 0 Å². The molecule has 0 radical (unpaired) electrons. The maximum absolute atomic E-state index is 9.76. The molecule has 0 amide bonds. The number of aliphatic hydroxyl groups is 1. The molecule has 18 heavy (non-hydrogen) atoms. The molecular weight excluding hydrogens is 230 g/mol. The molecule has 0 atom stereocenters. The second-order valence-corrected chi connectivity index (χ2v) is 5.08. The van der Waals surface area contributed by atoms with Crippen LogP contribution in [0.5, 0.6) is 11.5 Å². The van der Waals surface area contributed by atoms with E-state index < -0.39 is 5.60 Å². The van der Waals surface area contributed by atoms with Crippen molar-refractivity contribution in [2.75, 3.05) is 26.1 Å². The number of hydrogen-bond acceptors (Lipinski definition) is 4. The lowest BCUT2D eigenvalue weighted by molar-refractivity contribution is 0.0944. The normalized spacial score (nSPS) is 11.3. The van der Waals surface area contributed by atoms with E-state index in [-0.39, 0.29) is 0 Å². The van der Waals surface area contributed by atoms with Gasteiger partial charge < -0.3 is 19.9 Å². The lowest BCUT2D eigenvalue weighted by atomic mass is 10.1. The van der Waals surface area contributed by atoms with Crippen LogP contribution in [0.1, 0.15) is 25.0 Å². The first-order chi connectivity index (χ1) is 8.30. The summed E-state index contributed by atoms with van der Waals surface area (Å²) in [6.45, 7) is 7.94. The van der Waals surface area contributed by atoms with Crippen molar-refractivity contribution in [1.82, 2.24) is 0 Å². The van der Waals surface area contributed by atoms with Crippen LogP contribution in [0.15, 0.2) is 6.07 Å². The molecule has 4 nitrogen and oxygen atoms in total. The van der Waals surface area contributed by atoms with Gasteiger partial charge in [-0.2, -0.15) is 0 Å². The zero-order valence-corrected chi connectivity index (χ0v) is 12.0. The topological polar surface area (TPSA) is 50.7 Å². The van der Waals surface area contributed by atoms with Gasteiger partial charge in [0, 0.05) is 12.6 Å². The Morgan fingerprint density at radius 3 is 2.22 bits per heavy atom. The fraction of sp³-hybridized carbons (Fsp3) is 0.571. The third kappa shape index (κ3) is 3.29. The first-order valence-electron chi connectivity index (χ1n) is 5.98. The lowest BCUT2D eigenvalue weighted by Crippen LogP contribution is -2.29. The monoisotopic (exact) mass is 253 g/mol. The van der Waals surface area contributed by atoms with E-state index in [0.717, 1.165) is 28.3 Å². The van der Waals surface area contributed by atoms with Crippen molar-refractivity contribution in [2.45, 2.75) is 33.3 Å². The van der Waals surface area contributed by atoms with E-state index in [9.17, 15) is 5.11 Å². The summed E-state index contributed by atoms with van der Waals surface area (Å²) in [5.41, 5.74) is 2.15. The van der Waals surface area contributed by atoms with Gasteiger partial charge >= 0.3 is 0 Å². The van der Waals surface area contributed by atoms with Crippen molar-refractivity contribution >= 4 is 5.69 Å². The van der Waals surface area contributed by atoms with Crippen LogP contribution in [0.25, 0.3) is 0 Å². The highest BCUT2D eigenvalue weighted by atomic mass is 16.5. The van der Waals surface area contributed by atoms with Gasteiger partial charge in [0.1, 0.15) is 11.5 Å². The molecule has 2 N–H and O–H groups in total. The van der Waals surface area contributed by atoms with Gasteiger partial charge in [-0.25, -0.2) is 0 Å². The van der Waals surface area contributed by atoms with Crippen molar-refractivity contribution in [3.63, 3.8) is 0 Å². The Hall–Kier alpha value is -1.42. The van der Waals surface area contributed by atoms with Gasteiger partial charge in [0.15, 0.2) is 0 Å². The largest absolute Gasteiger partial charge is 0.496 e. The van der Waals surface area contributed by atoms with E-state index in [1.165, 1.54) is 0 Å². The SMILES string of the molecule is COc1cc(NCC(C)(C)O)c(OC)c(C)c1C. The van der Waals surface area contributed by atoms with Crippen molar-refractivity contribution < 1.29 is 14.6 Å². The molecule has 0 unspecified atom stereocenters. The predicted molar refractivity (Wildman–Crippen MR) is 73.8 cm³/mol. The molecule has 0 aliphatic heterocycles. The molecule has 0 saturated carbocycles. The molecule has 4 heteroatoms. The van der Waals surface area contributed by atoms with Gasteiger partial charge in [-0.05, 0) is 38.8 Å². The Labute approximate surface area is 109 Å². The van der Waals surface area contributed by atoms with E-state index >= 15 is 0 Å². The van der Waals surface area contributed by atoms with Crippen LogP contribution in [-0.4, -0.2) is 31.5 Å². The van der Waals surface area contributed by atoms with Crippen LogP contribution in [0, 0.1) is 13.8 Å². The van der Waals surface area contributed by atoms with Crippen molar-refractivity contribution in [1.29, 1.82) is 0 Å². The summed E-state index contributed by atoms with van der Waals surface area (Å²) in [5, 5.41) is 13.0. The molecule has 102 valence electrons. The molecule has 0 heterocycles. The highest BCUT2D eigenvalue weighted by Gasteiger charge is 2.17. The summed E-state index contributed by atoms with van der Waals surface area (Å²) in [6.07, 6.45) is 0. The van der Waals surface area contributed by atoms with Crippen LogP contribution in [0.4, 0.5) is 5.69 Å². The fourth-order valence-corrected chi connectivity index (χ4v) is 1.78. The van der Waals surface area contributed by atoms with E-state index in [2.05, 4.69) is 5.32 Å². The Morgan fingerprint density at radius 2 is 1.78 bits per heavy atom. The molecule has 0 aliphatic rings. The summed E-state index contributed by atoms with van der Waals surface area (Å²) < 4.78 is 10.8. The van der Waals surface area contributed by atoms with Gasteiger partial charge in [0.05, 0.1) is 25.5 Å². The third-order valence-electron chi connectivity index (χ3n) is 2.93. The fourth-order valence-electron chi connectivity index (χ4n) is 1.78. The zero-order chi connectivity index (χ0) is 13.9. The lowest BCUT2D eigenvalue weighted by Gasteiger charge is -2.22. The van der Waals surface area contributed by atoms with E-state index in [0.29, 0.717) is 6.54 Å². The first-order valence-corrected chi connectivity index (χ1v) is 5.98. The molecular formula is C14H23NO3. The maximum atomic E-state index is 9.76. The highest BCUT2D eigenvalue weighted by Crippen LogP contribution is 2.37. The first kappa shape index (κ1) is 14.6. The molecule has 0 spiro atoms. The van der Waals surface area contributed by atoms with E-state index in [4.69, 9.17) is 9.47 Å². The minimum Gasteiger partial charge on any atom is -0.496 e. The quantitative estimate of drug-likeness (QED) is 0.846. The van der Waals surface area contributed by atoms with Gasteiger partial charge in [-0.1, -0.05) is 0 Å². The van der Waals surface area contributed by atoms with Crippen molar-refractivity contribution in [3.8, 4) is 11.5 Å². The second-order valence-electron chi connectivity index (χ2n) is 5.08. The number of benzene rings is 1. The van der Waals surface area contributed by atoms with Crippen molar-refractivity contribution in [2.24, 2.45) is 0 Å². The van der Waals surface area contributed by atoms with Crippen LogP contribution in [0.3, 0.4) is 0 Å². The van der Waals surface area contributed by atoms with Gasteiger partial charge in [0.2, 0.25) is 0 Å². The summed E-state index contributed by atoms with van der Waals surface area (Å²) >= 11 is 0. The number of nitrogens with one attached hydrogen (secondary N) is 1. The van der Waals surface area contributed by atoms with Crippen LogP contribution < -0.4 is 14.8 Å². The average Bonchev–Trinajstić information content (AvgIpc) is 2.29. The Kier molecular flexibility index (Phi) is 4.46. The highest BCUT2D eigenvalue weighted by molar-refractivity contribution is 5.66. The number of anilines is 1. The predicted octanol–water partition coefficient (Wildman–Crippen LogP) is 2.50. The Morgan fingerprint density at radius 1 is 1.17 bits per heavy atom. The summed E-state index contributed by atoms with van der Waals surface area (Å²) in [5.74, 6) is 1.60. The van der Waals surface area contributed by atoms with E-state index in [1.54, 1.807) is 28.1 Å². The Bertz CT molecular complexity index is 422. The summed E-state index contributed by atoms with van der Waals surface area (Å²) in [4.78, 5) is 0. The summed E-state index contributed by atoms with van der Waals surface area (Å²) in [6, 6.07) is 1.90. The van der Waals surface area contributed by atoms with E-state index in [1.807, 2.05) is 19.9 Å². The molecule has 1 rings (SSSR count). The molecule has 0 saturated heterocycles. The molecule has 1 aromatic rings. The van der Waals surface area contributed by atoms with Gasteiger partial charge in [0.25, 0.3) is 0 Å². The van der Waals surface area contributed by atoms with Crippen LogP contribution in [0.2, 0.25) is 0 Å². The molecule has 0 bridgehead atoms. The van der Waals surface area contributed by atoms with Crippen LogP contribution >= 0.6 is 0 Å². The van der Waals surface area contributed by atoms with Gasteiger partial charge in [-0.3, -0.25) is 0 Å². The number of ether oxygens (including phenoxy) is 2. The zero-order valence-electron chi connectivity index (χ0n) is 12.0. The Balaban J connectivity index is 3.13. The van der Waals surface area contributed by atoms with Crippen molar-refractivity contribution in [3.05, 3.63) is 17.2 Å². The minimum atomic E-state index is -0.781. The third-order valence-corrected chi connectivity index (χ3v) is 2.93. The molecule has 0 aliphatic carbocycles. The second kappa shape index (κ2) is 5.48. The number of hydrogen-bond donors (Lipinski definition) is 2. The maximum Gasteiger partial charge on any atom is 0.145 e. The summed E-state index contributed by atoms with van der Waals surface area (Å²) in [7, 11) is 3.29. The molecule has 1 aromatic carbocycles.